The Labute approximate surface area is 109 Å². The number of aryl methyl sites for hydroxylation is 1. The summed E-state index contributed by atoms with van der Waals surface area (Å²) in [5, 5.41) is 20.8. The minimum Gasteiger partial charge on any atom is -0.496 e. The Hall–Kier alpha value is -2.44. The van der Waals surface area contributed by atoms with Crippen LogP contribution in [0.25, 0.3) is 0 Å². The summed E-state index contributed by atoms with van der Waals surface area (Å²) >= 11 is 0. The second-order valence-corrected chi connectivity index (χ2v) is 4.03. The number of carboxylic acid groups (broad SMARTS) is 1. The van der Waals surface area contributed by atoms with Gasteiger partial charge in [0.1, 0.15) is 5.75 Å². The average Bonchev–Trinajstić information content (AvgIpc) is 2.82. The highest BCUT2D eigenvalue weighted by molar-refractivity contribution is 5.69. The summed E-state index contributed by atoms with van der Waals surface area (Å²) in [4.78, 5) is 12.3. The van der Waals surface area contributed by atoms with E-state index in [9.17, 15) is 4.79 Å². The quantitative estimate of drug-likeness (QED) is 0.858. The summed E-state index contributed by atoms with van der Waals surface area (Å²) < 4.78 is 5.26. The third kappa shape index (κ3) is 2.87. The maximum Gasteiger partial charge on any atom is 0.304 e. The molecule has 0 aliphatic heterocycles. The first-order valence-corrected chi connectivity index (χ1v) is 5.70. The van der Waals surface area contributed by atoms with E-state index in [1.165, 1.54) is 4.80 Å². The monoisotopic (exact) mass is 262 g/mol. The number of carbonyl (C=O) groups is 1. The molecule has 0 spiro atoms. The molecule has 1 atom stereocenters. The van der Waals surface area contributed by atoms with Gasteiger partial charge in [-0.2, -0.15) is 4.80 Å². The molecule has 1 heterocycles. The first kappa shape index (κ1) is 13.0. The van der Waals surface area contributed by atoms with E-state index in [0.29, 0.717) is 11.6 Å². The van der Waals surface area contributed by atoms with E-state index in [-0.39, 0.29) is 6.42 Å². The van der Waals surface area contributed by atoms with E-state index < -0.39 is 11.9 Å². The predicted octanol–water partition coefficient (Wildman–Crippen LogP) is 0.825. The van der Waals surface area contributed by atoms with Crippen molar-refractivity contribution in [3.8, 4) is 5.75 Å². The number of tetrazole rings is 1. The first-order valence-electron chi connectivity index (χ1n) is 5.70. The second-order valence-electron chi connectivity index (χ2n) is 4.03. The van der Waals surface area contributed by atoms with Crippen LogP contribution in [0.15, 0.2) is 24.3 Å². The number of methoxy groups -OCH3 is 1. The van der Waals surface area contributed by atoms with Gasteiger partial charge in [-0.25, -0.2) is 0 Å². The molecule has 1 unspecified atom stereocenters. The van der Waals surface area contributed by atoms with Crippen LogP contribution in [0.1, 0.15) is 23.7 Å². The molecule has 1 aromatic carbocycles. The molecule has 0 aliphatic carbocycles. The van der Waals surface area contributed by atoms with E-state index >= 15 is 0 Å². The van der Waals surface area contributed by atoms with Gasteiger partial charge in [0.2, 0.25) is 0 Å². The van der Waals surface area contributed by atoms with Crippen molar-refractivity contribution in [1.29, 1.82) is 0 Å². The number of benzene rings is 1. The fourth-order valence-electron chi connectivity index (χ4n) is 1.91. The zero-order valence-corrected chi connectivity index (χ0v) is 10.6. The van der Waals surface area contributed by atoms with Gasteiger partial charge in [-0.3, -0.25) is 4.79 Å². The molecule has 2 aromatic rings. The van der Waals surface area contributed by atoms with Crippen LogP contribution in [-0.4, -0.2) is 38.4 Å². The Morgan fingerprint density at radius 3 is 2.79 bits per heavy atom. The molecule has 0 aliphatic rings. The standard InChI is InChI=1S/C12H14N4O3/c1-16-14-12(13-15-16)9(7-11(17)18)8-5-3-4-6-10(8)19-2/h3-6,9H,7H2,1-2H3,(H,17,18). The number of para-hydroxylation sites is 1. The number of ether oxygens (including phenoxy) is 1. The van der Waals surface area contributed by atoms with E-state index in [2.05, 4.69) is 15.4 Å². The van der Waals surface area contributed by atoms with E-state index in [4.69, 9.17) is 9.84 Å². The van der Waals surface area contributed by atoms with Gasteiger partial charge in [-0.05, 0) is 11.3 Å². The van der Waals surface area contributed by atoms with Crippen molar-refractivity contribution in [1.82, 2.24) is 20.2 Å². The summed E-state index contributed by atoms with van der Waals surface area (Å²) in [6, 6.07) is 7.23. The number of nitrogens with zero attached hydrogens (tertiary/aromatic N) is 4. The zero-order valence-electron chi connectivity index (χ0n) is 10.6. The number of aromatic nitrogens is 4. The predicted molar refractivity (Wildman–Crippen MR) is 65.9 cm³/mol. The maximum atomic E-state index is 11.0. The molecular weight excluding hydrogens is 248 g/mol. The van der Waals surface area contributed by atoms with E-state index in [1.54, 1.807) is 20.2 Å². The Bertz CT molecular complexity index is 582. The molecule has 1 N–H and O–H groups in total. The van der Waals surface area contributed by atoms with Crippen LogP contribution in [0.2, 0.25) is 0 Å². The summed E-state index contributed by atoms with van der Waals surface area (Å²) in [6.45, 7) is 0. The lowest BCUT2D eigenvalue weighted by atomic mass is 9.94. The molecule has 0 radical (unpaired) electrons. The highest BCUT2D eigenvalue weighted by Gasteiger charge is 2.25. The zero-order chi connectivity index (χ0) is 13.8. The Kier molecular flexibility index (Phi) is 3.74. The molecule has 1 aromatic heterocycles. The molecule has 0 bridgehead atoms. The van der Waals surface area contributed by atoms with Crippen molar-refractivity contribution in [2.75, 3.05) is 7.11 Å². The lowest BCUT2D eigenvalue weighted by Crippen LogP contribution is -2.11. The Balaban J connectivity index is 2.45. The third-order valence-corrected chi connectivity index (χ3v) is 2.73. The van der Waals surface area contributed by atoms with Crippen LogP contribution >= 0.6 is 0 Å². The molecular formula is C12H14N4O3. The van der Waals surface area contributed by atoms with E-state index in [0.717, 1.165) is 5.56 Å². The first-order chi connectivity index (χ1) is 9.11. The summed E-state index contributed by atoms with van der Waals surface area (Å²) in [5.74, 6) is -0.429. The van der Waals surface area contributed by atoms with Gasteiger partial charge in [0, 0.05) is 5.56 Å². The minimum absolute atomic E-state index is 0.119. The fourth-order valence-corrected chi connectivity index (χ4v) is 1.91. The smallest absolute Gasteiger partial charge is 0.304 e. The topological polar surface area (TPSA) is 90.1 Å². The SMILES string of the molecule is COc1ccccc1C(CC(=O)O)c1nnn(C)n1. The number of hydrogen-bond acceptors (Lipinski definition) is 5. The maximum absolute atomic E-state index is 11.0. The van der Waals surface area contributed by atoms with Gasteiger partial charge >= 0.3 is 5.97 Å². The fraction of sp³-hybridized carbons (Fsp3) is 0.333. The Morgan fingerprint density at radius 1 is 1.47 bits per heavy atom. The molecule has 19 heavy (non-hydrogen) atoms. The molecule has 7 heteroatoms. The molecule has 100 valence electrons. The van der Waals surface area contributed by atoms with Crippen molar-refractivity contribution in [3.63, 3.8) is 0 Å². The van der Waals surface area contributed by atoms with Crippen LogP contribution in [0.5, 0.6) is 5.75 Å². The van der Waals surface area contributed by atoms with Crippen LogP contribution in [0.4, 0.5) is 0 Å². The van der Waals surface area contributed by atoms with Crippen molar-refractivity contribution < 1.29 is 14.6 Å². The molecule has 0 saturated heterocycles. The minimum atomic E-state index is -0.927. The van der Waals surface area contributed by atoms with Crippen LogP contribution in [-0.2, 0) is 11.8 Å². The average molecular weight is 262 g/mol. The molecule has 0 fully saturated rings. The van der Waals surface area contributed by atoms with Gasteiger partial charge in [-0.15, -0.1) is 10.2 Å². The summed E-state index contributed by atoms with van der Waals surface area (Å²) in [7, 11) is 3.18. The van der Waals surface area contributed by atoms with E-state index in [1.807, 2.05) is 18.2 Å². The highest BCUT2D eigenvalue weighted by atomic mass is 16.5. The van der Waals surface area contributed by atoms with Crippen LogP contribution < -0.4 is 4.74 Å². The molecule has 0 saturated carbocycles. The number of hydrogen-bond donors (Lipinski definition) is 1. The molecule has 7 nitrogen and oxygen atoms in total. The van der Waals surface area contributed by atoms with Gasteiger partial charge in [0.25, 0.3) is 0 Å². The number of aliphatic carboxylic acids is 1. The normalized spacial score (nSPS) is 12.1. The second kappa shape index (κ2) is 5.47. The third-order valence-electron chi connectivity index (χ3n) is 2.73. The Morgan fingerprint density at radius 2 is 2.21 bits per heavy atom. The highest BCUT2D eigenvalue weighted by Crippen LogP contribution is 2.32. The van der Waals surface area contributed by atoms with Crippen molar-refractivity contribution in [2.45, 2.75) is 12.3 Å². The van der Waals surface area contributed by atoms with Gasteiger partial charge < -0.3 is 9.84 Å². The number of carboxylic acids is 1. The van der Waals surface area contributed by atoms with Gasteiger partial charge in [-0.1, -0.05) is 18.2 Å². The number of rotatable bonds is 5. The lowest BCUT2D eigenvalue weighted by Gasteiger charge is -2.14. The molecule has 2 rings (SSSR count). The van der Waals surface area contributed by atoms with Crippen molar-refractivity contribution >= 4 is 5.97 Å². The van der Waals surface area contributed by atoms with Crippen molar-refractivity contribution in [2.24, 2.45) is 7.05 Å². The largest absolute Gasteiger partial charge is 0.496 e. The van der Waals surface area contributed by atoms with Gasteiger partial charge in [0.15, 0.2) is 5.82 Å². The lowest BCUT2D eigenvalue weighted by molar-refractivity contribution is -0.137. The summed E-state index contributed by atoms with van der Waals surface area (Å²) in [5.41, 5.74) is 0.736. The van der Waals surface area contributed by atoms with Crippen LogP contribution in [0, 0.1) is 0 Å². The van der Waals surface area contributed by atoms with Gasteiger partial charge in [0.05, 0.1) is 26.5 Å². The summed E-state index contributed by atoms with van der Waals surface area (Å²) in [6.07, 6.45) is -0.119. The van der Waals surface area contributed by atoms with Crippen LogP contribution in [0.3, 0.4) is 0 Å². The van der Waals surface area contributed by atoms with Crippen molar-refractivity contribution in [3.05, 3.63) is 35.7 Å². The molecule has 0 amide bonds.